The van der Waals surface area contributed by atoms with Crippen LogP contribution < -0.4 is 5.32 Å². The summed E-state index contributed by atoms with van der Waals surface area (Å²) in [5.74, 6) is -1.44. The van der Waals surface area contributed by atoms with E-state index in [2.05, 4.69) is 10.3 Å². The molecule has 3 aromatic rings. The lowest BCUT2D eigenvalue weighted by Gasteiger charge is -2.05. The van der Waals surface area contributed by atoms with E-state index >= 15 is 0 Å². The molecule has 0 radical (unpaired) electrons. The van der Waals surface area contributed by atoms with Crippen LogP contribution in [0.3, 0.4) is 0 Å². The zero-order valence-electron chi connectivity index (χ0n) is 11.2. The quantitative estimate of drug-likeness (QED) is 0.555. The fourth-order valence-electron chi connectivity index (χ4n) is 2.13. The monoisotopic (exact) mass is 332 g/mol. The van der Waals surface area contributed by atoms with Gasteiger partial charge in [-0.3, -0.25) is 9.59 Å². The molecule has 1 heterocycles. The molecule has 0 aliphatic rings. The molecule has 2 aromatic carbocycles. The minimum absolute atomic E-state index is 0.149. The Kier molecular flexibility index (Phi) is 3.88. The largest absolute Gasteiger partial charge is 0.361 e. The van der Waals surface area contributed by atoms with Crippen LogP contribution >= 0.6 is 23.2 Å². The molecule has 22 heavy (non-hydrogen) atoms. The van der Waals surface area contributed by atoms with Crippen LogP contribution in [0.1, 0.15) is 10.4 Å². The topological polar surface area (TPSA) is 62.0 Å². The molecule has 3 rings (SSSR count). The standard InChI is InChI=1S/C16H10Cl2N2O2/c17-11-5-10(6-12(18)7-11)15(21)16(22)20-13-2-1-9-3-4-19-14(9)8-13/h1-8,19H,(H,20,22). The number of rotatable bonds is 3. The fraction of sp³-hybridized carbons (Fsp3) is 0. The van der Waals surface area contributed by atoms with E-state index in [0.717, 1.165) is 10.9 Å². The van der Waals surface area contributed by atoms with Gasteiger partial charge in [-0.15, -0.1) is 0 Å². The molecule has 1 aromatic heterocycles. The smallest absolute Gasteiger partial charge is 0.296 e. The first-order valence-corrected chi connectivity index (χ1v) is 7.17. The highest BCUT2D eigenvalue weighted by molar-refractivity contribution is 6.47. The summed E-state index contributed by atoms with van der Waals surface area (Å²) in [5, 5.41) is 4.19. The van der Waals surface area contributed by atoms with E-state index in [4.69, 9.17) is 23.2 Å². The third-order valence-corrected chi connectivity index (χ3v) is 3.58. The first-order chi connectivity index (χ1) is 10.5. The second-order valence-electron chi connectivity index (χ2n) is 4.72. The van der Waals surface area contributed by atoms with Crippen LogP contribution in [0.15, 0.2) is 48.7 Å². The molecule has 0 spiro atoms. The summed E-state index contributed by atoms with van der Waals surface area (Å²) in [4.78, 5) is 27.2. The summed E-state index contributed by atoms with van der Waals surface area (Å²) in [7, 11) is 0. The predicted octanol–water partition coefficient (Wildman–Crippen LogP) is 4.30. The van der Waals surface area contributed by atoms with E-state index in [9.17, 15) is 9.59 Å². The normalized spacial score (nSPS) is 10.6. The number of aromatic nitrogens is 1. The maximum absolute atomic E-state index is 12.1. The van der Waals surface area contributed by atoms with Gasteiger partial charge >= 0.3 is 0 Å². The highest BCUT2D eigenvalue weighted by Crippen LogP contribution is 2.21. The Balaban J connectivity index is 1.82. The fourth-order valence-corrected chi connectivity index (χ4v) is 2.66. The van der Waals surface area contributed by atoms with Crippen molar-refractivity contribution in [3.8, 4) is 0 Å². The number of halogens is 2. The van der Waals surface area contributed by atoms with Crippen LogP contribution in [0.5, 0.6) is 0 Å². The summed E-state index contributed by atoms with van der Waals surface area (Å²) >= 11 is 11.7. The van der Waals surface area contributed by atoms with Crippen LogP contribution in [0, 0.1) is 0 Å². The number of nitrogens with one attached hydrogen (secondary N) is 2. The maximum Gasteiger partial charge on any atom is 0.296 e. The van der Waals surface area contributed by atoms with E-state index in [-0.39, 0.29) is 5.56 Å². The van der Waals surface area contributed by atoms with Gasteiger partial charge < -0.3 is 10.3 Å². The van der Waals surface area contributed by atoms with Gasteiger partial charge in [0.05, 0.1) is 0 Å². The Morgan fingerprint density at radius 2 is 1.68 bits per heavy atom. The Labute approximate surface area is 136 Å². The summed E-state index contributed by atoms with van der Waals surface area (Å²) in [6, 6.07) is 11.6. The van der Waals surface area contributed by atoms with E-state index in [0.29, 0.717) is 15.7 Å². The molecule has 4 nitrogen and oxygen atoms in total. The van der Waals surface area contributed by atoms with Crippen molar-refractivity contribution in [2.24, 2.45) is 0 Å². The average molecular weight is 333 g/mol. The van der Waals surface area contributed by atoms with E-state index in [1.807, 2.05) is 12.1 Å². The van der Waals surface area contributed by atoms with Gasteiger partial charge in [0.15, 0.2) is 0 Å². The minimum atomic E-state index is -0.746. The van der Waals surface area contributed by atoms with Gasteiger partial charge in [0.25, 0.3) is 11.7 Å². The van der Waals surface area contributed by atoms with E-state index in [1.165, 1.54) is 18.2 Å². The number of ketones is 1. The lowest BCUT2D eigenvalue weighted by molar-refractivity contribution is -0.112. The van der Waals surface area contributed by atoms with Gasteiger partial charge in [-0.25, -0.2) is 0 Å². The van der Waals surface area contributed by atoms with Gasteiger partial charge in [-0.05, 0) is 41.8 Å². The number of hydrogen-bond acceptors (Lipinski definition) is 2. The average Bonchev–Trinajstić information content (AvgIpc) is 2.93. The van der Waals surface area contributed by atoms with Gasteiger partial charge in [-0.1, -0.05) is 29.3 Å². The number of hydrogen-bond donors (Lipinski definition) is 2. The Morgan fingerprint density at radius 1 is 0.955 bits per heavy atom. The molecule has 0 fully saturated rings. The molecule has 0 aliphatic heterocycles. The molecule has 2 N–H and O–H groups in total. The number of Topliss-reactive ketones (excluding diaryl/α,β-unsaturated/α-hetero) is 1. The van der Waals surface area contributed by atoms with E-state index < -0.39 is 11.7 Å². The van der Waals surface area contributed by atoms with Gasteiger partial charge in [0.2, 0.25) is 0 Å². The number of anilines is 1. The summed E-state index contributed by atoms with van der Waals surface area (Å²) < 4.78 is 0. The van der Waals surface area contributed by atoms with Crippen LogP contribution in [-0.4, -0.2) is 16.7 Å². The number of carbonyl (C=O) groups is 2. The number of benzene rings is 2. The Hall–Kier alpha value is -2.30. The SMILES string of the molecule is O=C(Nc1ccc2cc[nH]c2c1)C(=O)c1cc(Cl)cc(Cl)c1. The van der Waals surface area contributed by atoms with Crippen molar-refractivity contribution in [3.05, 3.63) is 64.3 Å². The first kappa shape index (κ1) is 14.6. The summed E-state index contributed by atoms with van der Waals surface area (Å²) in [5.41, 5.74) is 1.55. The number of aromatic amines is 1. The van der Waals surface area contributed by atoms with Crippen molar-refractivity contribution >= 4 is 51.5 Å². The molecule has 0 unspecified atom stereocenters. The molecular weight excluding hydrogens is 323 g/mol. The zero-order valence-corrected chi connectivity index (χ0v) is 12.7. The number of H-pyrrole nitrogens is 1. The Morgan fingerprint density at radius 3 is 2.41 bits per heavy atom. The third kappa shape index (κ3) is 2.98. The molecule has 0 aliphatic carbocycles. The molecular formula is C16H10Cl2N2O2. The molecule has 0 atom stereocenters. The van der Waals surface area contributed by atoms with Crippen molar-refractivity contribution in [3.63, 3.8) is 0 Å². The highest BCUT2D eigenvalue weighted by Gasteiger charge is 2.17. The number of carbonyl (C=O) groups excluding carboxylic acids is 2. The minimum Gasteiger partial charge on any atom is -0.361 e. The molecule has 0 saturated heterocycles. The molecule has 0 bridgehead atoms. The van der Waals surface area contributed by atoms with E-state index in [1.54, 1.807) is 18.3 Å². The van der Waals surface area contributed by atoms with Crippen molar-refractivity contribution in [2.75, 3.05) is 5.32 Å². The van der Waals surface area contributed by atoms with Crippen LogP contribution in [-0.2, 0) is 4.79 Å². The lowest BCUT2D eigenvalue weighted by atomic mass is 10.1. The molecule has 110 valence electrons. The van der Waals surface area contributed by atoms with Gasteiger partial charge in [0, 0.05) is 33.0 Å². The van der Waals surface area contributed by atoms with Crippen molar-refractivity contribution < 1.29 is 9.59 Å². The van der Waals surface area contributed by atoms with Gasteiger partial charge in [0.1, 0.15) is 0 Å². The third-order valence-electron chi connectivity index (χ3n) is 3.14. The molecule has 0 saturated carbocycles. The maximum atomic E-state index is 12.1. The highest BCUT2D eigenvalue weighted by atomic mass is 35.5. The number of amides is 1. The zero-order chi connectivity index (χ0) is 15.7. The van der Waals surface area contributed by atoms with Crippen molar-refractivity contribution in [1.29, 1.82) is 0 Å². The summed E-state index contributed by atoms with van der Waals surface area (Å²) in [6.07, 6.45) is 1.80. The van der Waals surface area contributed by atoms with Crippen LogP contribution in [0.25, 0.3) is 10.9 Å². The van der Waals surface area contributed by atoms with Gasteiger partial charge in [-0.2, -0.15) is 0 Å². The predicted molar refractivity (Wildman–Crippen MR) is 87.7 cm³/mol. The molecule has 1 amide bonds. The first-order valence-electron chi connectivity index (χ1n) is 6.42. The second-order valence-corrected chi connectivity index (χ2v) is 5.59. The second kappa shape index (κ2) is 5.83. The molecule has 6 heteroatoms. The van der Waals surface area contributed by atoms with Crippen LogP contribution in [0.4, 0.5) is 5.69 Å². The van der Waals surface area contributed by atoms with Crippen molar-refractivity contribution in [2.45, 2.75) is 0 Å². The lowest BCUT2D eigenvalue weighted by Crippen LogP contribution is -2.22. The Bertz CT molecular complexity index is 866. The van der Waals surface area contributed by atoms with Crippen LogP contribution in [0.2, 0.25) is 10.0 Å². The summed E-state index contributed by atoms with van der Waals surface area (Å²) in [6.45, 7) is 0. The number of fused-ring (bicyclic) bond motifs is 1. The van der Waals surface area contributed by atoms with Crippen molar-refractivity contribution in [1.82, 2.24) is 4.98 Å².